The number of nitrogens with zero attached hydrogens (tertiary/aromatic N) is 3. The molecule has 1 unspecified atom stereocenters. The minimum atomic E-state index is -3.16. The molecule has 1 atom stereocenters. The highest BCUT2D eigenvalue weighted by Gasteiger charge is 2.30. The number of rotatable bonds is 7. The van der Waals surface area contributed by atoms with E-state index in [9.17, 15) is 13.7 Å². The van der Waals surface area contributed by atoms with E-state index >= 15 is 0 Å². The lowest BCUT2D eigenvalue weighted by Crippen LogP contribution is -2.49. The Morgan fingerprint density at radius 3 is 2.29 bits per heavy atom. The molecule has 6 nitrogen and oxygen atoms in total. The monoisotopic (exact) mass is 351 g/mol. The fraction of sp³-hybridized carbons (Fsp3) is 0.588. The Morgan fingerprint density at radius 1 is 1.17 bits per heavy atom. The summed E-state index contributed by atoms with van der Waals surface area (Å²) in [6.07, 6.45) is 0.621. The van der Waals surface area contributed by atoms with Crippen molar-refractivity contribution in [1.82, 2.24) is 9.21 Å². The van der Waals surface area contributed by atoms with E-state index in [4.69, 9.17) is 4.74 Å². The van der Waals surface area contributed by atoms with Crippen LogP contribution >= 0.6 is 0 Å². The average molecular weight is 351 g/mol. The predicted molar refractivity (Wildman–Crippen MR) is 93.2 cm³/mol. The minimum absolute atomic E-state index is 0.188. The van der Waals surface area contributed by atoms with Gasteiger partial charge in [-0.1, -0.05) is 19.1 Å². The Hall–Kier alpha value is -1.62. The summed E-state index contributed by atoms with van der Waals surface area (Å²) in [4.78, 5) is 2.04. The molecule has 24 heavy (non-hydrogen) atoms. The Labute approximate surface area is 144 Å². The molecule has 132 valence electrons. The molecule has 1 fully saturated rings. The van der Waals surface area contributed by atoms with Gasteiger partial charge in [-0.15, -0.1) is 0 Å². The van der Waals surface area contributed by atoms with Gasteiger partial charge < -0.3 is 4.74 Å². The molecule has 1 aromatic rings. The number of nitriles is 1. The molecule has 7 heteroatoms. The molecule has 1 aliphatic heterocycles. The summed E-state index contributed by atoms with van der Waals surface area (Å²) in [5.41, 5.74) is 0.908. The second kappa shape index (κ2) is 8.47. The van der Waals surface area contributed by atoms with Crippen molar-refractivity contribution in [3.8, 4) is 11.8 Å². The molecule has 1 aliphatic rings. The van der Waals surface area contributed by atoms with E-state index < -0.39 is 10.0 Å². The molecular formula is C17H25N3O3S. The molecular weight excluding hydrogens is 326 g/mol. The second-order valence-corrected chi connectivity index (χ2v) is 7.87. The maximum absolute atomic E-state index is 12.1. The third-order valence-electron chi connectivity index (χ3n) is 4.12. The first-order valence-corrected chi connectivity index (χ1v) is 9.97. The highest BCUT2D eigenvalue weighted by Crippen LogP contribution is 2.24. The van der Waals surface area contributed by atoms with Gasteiger partial charge in [-0.2, -0.15) is 9.57 Å². The first-order chi connectivity index (χ1) is 11.5. The van der Waals surface area contributed by atoms with E-state index in [1.807, 2.05) is 43.0 Å². The first-order valence-electron chi connectivity index (χ1n) is 8.36. The van der Waals surface area contributed by atoms with Gasteiger partial charge in [0, 0.05) is 26.2 Å². The summed E-state index contributed by atoms with van der Waals surface area (Å²) in [6, 6.07) is 9.51. The van der Waals surface area contributed by atoms with Crippen LogP contribution in [0, 0.1) is 11.3 Å². The number of benzene rings is 1. The Morgan fingerprint density at radius 2 is 1.79 bits per heavy atom. The minimum Gasteiger partial charge on any atom is -0.494 e. The zero-order valence-corrected chi connectivity index (χ0v) is 15.1. The van der Waals surface area contributed by atoms with Gasteiger partial charge >= 0.3 is 0 Å². The zero-order chi connectivity index (χ0) is 17.6. The van der Waals surface area contributed by atoms with Gasteiger partial charge in [0.15, 0.2) is 0 Å². The summed E-state index contributed by atoms with van der Waals surface area (Å²) >= 11 is 0. The van der Waals surface area contributed by atoms with Crippen LogP contribution in [0.25, 0.3) is 0 Å². The maximum atomic E-state index is 12.1. The largest absolute Gasteiger partial charge is 0.494 e. The van der Waals surface area contributed by atoms with Crippen molar-refractivity contribution in [3.05, 3.63) is 29.8 Å². The Kier molecular flexibility index (Phi) is 6.60. The van der Waals surface area contributed by atoms with Crippen LogP contribution in [0.4, 0.5) is 0 Å². The van der Waals surface area contributed by atoms with Crippen LogP contribution in [0.5, 0.6) is 5.75 Å². The van der Waals surface area contributed by atoms with E-state index in [-0.39, 0.29) is 11.8 Å². The van der Waals surface area contributed by atoms with Crippen LogP contribution in [-0.4, -0.2) is 56.2 Å². The van der Waals surface area contributed by atoms with Crippen LogP contribution in [-0.2, 0) is 10.0 Å². The fourth-order valence-electron chi connectivity index (χ4n) is 2.91. The Balaban J connectivity index is 2.02. The molecule has 0 spiro atoms. The Bertz CT molecular complexity index is 659. The molecule has 1 aromatic carbocycles. The molecule has 0 radical (unpaired) electrons. The highest BCUT2D eigenvalue weighted by atomic mass is 32.2. The maximum Gasteiger partial charge on any atom is 0.214 e. The molecule has 1 saturated heterocycles. The van der Waals surface area contributed by atoms with Gasteiger partial charge in [0.2, 0.25) is 10.0 Å². The van der Waals surface area contributed by atoms with E-state index in [0.29, 0.717) is 39.2 Å². The summed E-state index contributed by atoms with van der Waals surface area (Å²) in [5.74, 6) is 0.974. The summed E-state index contributed by atoms with van der Waals surface area (Å²) in [5, 5.41) is 9.56. The predicted octanol–water partition coefficient (Wildman–Crippen LogP) is 2.01. The van der Waals surface area contributed by atoms with E-state index in [0.717, 1.165) is 11.3 Å². The van der Waals surface area contributed by atoms with Crippen molar-refractivity contribution in [3.63, 3.8) is 0 Å². The van der Waals surface area contributed by atoms with Crippen LogP contribution in [0.3, 0.4) is 0 Å². The van der Waals surface area contributed by atoms with Gasteiger partial charge in [-0.05, 0) is 31.0 Å². The lowest BCUT2D eigenvalue weighted by molar-refractivity contribution is 0.162. The molecule has 2 rings (SSSR count). The van der Waals surface area contributed by atoms with E-state index in [1.165, 1.54) is 0 Å². The summed E-state index contributed by atoms with van der Waals surface area (Å²) in [7, 11) is -3.16. The van der Waals surface area contributed by atoms with Crippen molar-refractivity contribution >= 4 is 10.0 Å². The number of hydrogen-bond acceptors (Lipinski definition) is 5. The van der Waals surface area contributed by atoms with Crippen LogP contribution in [0.15, 0.2) is 24.3 Å². The van der Waals surface area contributed by atoms with Crippen molar-refractivity contribution in [2.75, 3.05) is 38.5 Å². The van der Waals surface area contributed by atoms with Gasteiger partial charge in [0.25, 0.3) is 0 Å². The van der Waals surface area contributed by atoms with E-state index in [1.54, 1.807) is 4.31 Å². The third-order valence-corrected chi connectivity index (χ3v) is 6.20. The van der Waals surface area contributed by atoms with Gasteiger partial charge in [-0.3, -0.25) is 4.90 Å². The standard InChI is InChI=1S/C17H25N3O3S/c1-3-13-24(21,22)20-11-9-19(10-12-20)17(14-18)15-5-7-16(8-6-15)23-4-2/h5-8,17H,3-4,9-13H2,1-2H3. The van der Waals surface area contributed by atoms with Gasteiger partial charge in [0.05, 0.1) is 18.4 Å². The molecule has 0 aliphatic carbocycles. The average Bonchev–Trinajstić information content (AvgIpc) is 2.58. The first kappa shape index (κ1) is 18.7. The van der Waals surface area contributed by atoms with Crippen molar-refractivity contribution in [2.45, 2.75) is 26.3 Å². The third kappa shape index (κ3) is 4.47. The van der Waals surface area contributed by atoms with Gasteiger partial charge in [0.1, 0.15) is 11.8 Å². The zero-order valence-electron chi connectivity index (χ0n) is 14.3. The smallest absolute Gasteiger partial charge is 0.214 e. The van der Waals surface area contributed by atoms with E-state index in [2.05, 4.69) is 6.07 Å². The molecule has 0 saturated carbocycles. The lowest BCUT2D eigenvalue weighted by Gasteiger charge is -2.36. The van der Waals surface area contributed by atoms with Crippen LogP contribution < -0.4 is 4.74 Å². The number of ether oxygens (including phenoxy) is 1. The SMILES string of the molecule is CCCS(=O)(=O)N1CCN(C(C#N)c2ccc(OCC)cc2)CC1. The normalized spacial score (nSPS) is 18.0. The van der Waals surface area contributed by atoms with Crippen molar-refractivity contribution < 1.29 is 13.2 Å². The van der Waals surface area contributed by atoms with Crippen LogP contribution in [0.2, 0.25) is 0 Å². The van der Waals surface area contributed by atoms with Gasteiger partial charge in [-0.25, -0.2) is 8.42 Å². The number of piperazine rings is 1. The molecule has 0 bridgehead atoms. The quantitative estimate of drug-likeness (QED) is 0.751. The van der Waals surface area contributed by atoms with Crippen LogP contribution in [0.1, 0.15) is 31.9 Å². The topological polar surface area (TPSA) is 73.6 Å². The summed E-state index contributed by atoms with van der Waals surface area (Å²) in [6.45, 7) is 6.41. The van der Waals surface area contributed by atoms with Crippen molar-refractivity contribution in [1.29, 1.82) is 5.26 Å². The number of sulfonamides is 1. The molecule has 0 N–H and O–H groups in total. The molecule has 0 aromatic heterocycles. The van der Waals surface area contributed by atoms with Crippen molar-refractivity contribution in [2.24, 2.45) is 0 Å². The highest BCUT2D eigenvalue weighted by molar-refractivity contribution is 7.89. The molecule has 0 amide bonds. The second-order valence-electron chi connectivity index (χ2n) is 5.78. The molecule has 1 heterocycles. The summed E-state index contributed by atoms with van der Waals surface area (Å²) < 4.78 is 31.2. The fourth-order valence-corrected chi connectivity index (χ4v) is 4.40. The lowest BCUT2D eigenvalue weighted by atomic mass is 10.1. The number of hydrogen-bond donors (Lipinski definition) is 0.